The maximum absolute atomic E-state index is 6.21. The van der Waals surface area contributed by atoms with E-state index in [9.17, 15) is 0 Å². The zero-order valence-corrected chi connectivity index (χ0v) is 33.6. The van der Waals surface area contributed by atoms with E-state index in [2.05, 4.69) is 229 Å². The van der Waals surface area contributed by atoms with Crippen LogP contribution in [0.1, 0.15) is 44.5 Å². The summed E-state index contributed by atoms with van der Waals surface area (Å²) in [6.45, 7) is 0. The number of anilines is 3. The summed E-state index contributed by atoms with van der Waals surface area (Å²) in [6.07, 6.45) is 0. The molecule has 0 unspecified atom stereocenters. The number of benzene rings is 9. The fourth-order valence-corrected chi connectivity index (χ4v) is 11.4. The number of hydrogen-bond donors (Lipinski definition) is 0. The van der Waals surface area contributed by atoms with Gasteiger partial charge >= 0.3 is 0 Å². The van der Waals surface area contributed by atoms with Crippen LogP contribution in [0.4, 0.5) is 17.1 Å². The molecular formula is C57H39NOS. The van der Waals surface area contributed by atoms with E-state index in [1.807, 2.05) is 0 Å². The Bertz CT molecular complexity index is 2990. The lowest BCUT2D eigenvalue weighted by Gasteiger charge is -2.35. The summed E-state index contributed by atoms with van der Waals surface area (Å²) < 4.78 is 6.21. The maximum Gasteiger partial charge on any atom is 0.138 e. The van der Waals surface area contributed by atoms with Crippen molar-refractivity contribution >= 4 is 28.8 Å². The summed E-state index contributed by atoms with van der Waals surface area (Å²) in [6, 6.07) is 83.1. The minimum atomic E-state index is -0.518. The third-order valence-corrected chi connectivity index (χ3v) is 13.9. The van der Waals surface area contributed by atoms with Gasteiger partial charge in [0.15, 0.2) is 0 Å². The van der Waals surface area contributed by atoms with Crippen molar-refractivity contribution in [3.05, 3.63) is 269 Å². The molecule has 0 bridgehead atoms. The van der Waals surface area contributed by atoms with Gasteiger partial charge in [-0.1, -0.05) is 194 Å². The smallest absolute Gasteiger partial charge is 0.138 e. The van der Waals surface area contributed by atoms with Crippen LogP contribution in [-0.4, -0.2) is 5.94 Å². The van der Waals surface area contributed by atoms with Crippen molar-refractivity contribution in [2.45, 2.75) is 15.7 Å². The average molecular weight is 786 g/mol. The molecule has 0 radical (unpaired) electrons. The number of rotatable bonds is 7. The van der Waals surface area contributed by atoms with Crippen molar-refractivity contribution in [2.75, 3.05) is 10.8 Å². The van der Waals surface area contributed by atoms with Crippen molar-refractivity contribution in [1.82, 2.24) is 0 Å². The lowest BCUT2D eigenvalue weighted by molar-refractivity contribution is 0.398. The zero-order chi connectivity index (χ0) is 39.7. The molecule has 0 spiro atoms. The number of nitrogens with zero attached hydrogens (tertiary/aromatic N) is 1. The van der Waals surface area contributed by atoms with Gasteiger partial charge in [0.1, 0.15) is 11.7 Å². The Hall–Kier alpha value is -7.07. The highest BCUT2D eigenvalue weighted by atomic mass is 32.2. The predicted molar refractivity (Wildman–Crippen MR) is 247 cm³/mol. The van der Waals surface area contributed by atoms with Gasteiger partial charge in [0, 0.05) is 23.1 Å². The topological polar surface area (TPSA) is 12.5 Å². The van der Waals surface area contributed by atoms with E-state index >= 15 is 0 Å². The number of thioether (sulfide) groups is 1. The van der Waals surface area contributed by atoms with Crippen molar-refractivity contribution in [3.8, 4) is 28.0 Å². The van der Waals surface area contributed by atoms with Crippen LogP contribution < -0.4 is 9.64 Å². The van der Waals surface area contributed by atoms with Crippen molar-refractivity contribution in [1.29, 1.82) is 0 Å². The molecule has 2 nitrogen and oxygen atoms in total. The Morgan fingerprint density at radius 2 is 0.767 bits per heavy atom. The van der Waals surface area contributed by atoms with Crippen molar-refractivity contribution in [3.63, 3.8) is 0 Å². The highest BCUT2D eigenvalue weighted by molar-refractivity contribution is 7.99. The molecule has 60 heavy (non-hydrogen) atoms. The van der Waals surface area contributed by atoms with Crippen LogP contribution in [0.15, 0.2) is 229 Å². The Morgan fingerprint density at radius 3 is 1.35 bits per heavy atom. The number of hydrogen-bond acceptors (Lipinski definition) is 3. The molecule has 9 aromatic rings. The molecule has 0 saturated heterocycles. The van der Waals surface area contributed by atoms with Crippen molar-refractivity contribution < 1.29 is 4.74 Å². The fourth-order valence-electron chi connectivity index (χ4n) is 10.6. The zero-order valence-electron chi connectivity index (χ0n) is 32.8. The maximum atomic E-state index is 6.21. The molecule has 3 heteroatoms. The third kappa shape index (κ3) is 4.96. The quantitative estimate of drug-likeness (QED) is 0.160. The van der Waals surface area contributed by atoms with Gasteiger partial charge in [-0.05, 0) is 103 Å². The molecule has 0 fully saturated rings. The molecule has 3 aliphatic rings. The summed E-state index contributed by atoms with van der Waals surface area (Å²) in [4.78, 5) is 3.61. The van der Waals surface area contributed by atoms with E-state index in [-0.39, 0.29) is 0 Å². The third-order valence-electron chi connectivity index (χ3n) is 13.0. The van der Waals surface area contributed by atoms with Gasteiger partial charge < -0.3 is 9.64 Å². The van der Waals surface area contributed by atoms with Crippen LogP contribution >= 0.6 is 11.8 Å². The summed E-state index contributed by atoms with van der Waals surface area (Å²) in [5.41, 5.74) is 17.5. The molecular weight excluding hydrogens is 747 g/mol. The normalized spacial score (nSPS) is 14.6. The van der Waals surface area contributed by atoms with Gasteiger partial charge in [0.25, 0.3) is 0 Å². The Labute approximate surface area is 355 Å². The molecule has 0 amide bonds. The van der Waals surface area contributed by atoms with E-state index in [4.69, 9.17) is 4.74 Å². The Kier molecular flexibility index (Phi) is 8.01. The van der Waals surface area contributed by atoms with E-state index in [0.29, 0.717) is 5.94 Å². The molecule has 2 aliphatic carbocycles. The van der Waals surface area contributed by atoms with Crippen LogP contribution in [0.3, 0.4) is 0 Å². The monoisotopic (exact) mass is 785 g/mol. The van der Waals surface area contributed by atoms with Gasteiger partial charge in [-0.3, -0.25) is 0 Å². The summed E-state index contributed by atoms with van der Waals surface area (Å²) in [5.74, 6) is 1.56. The van der Waals surface area contributed by atoms with Gasteiger partial charge in [-0.2, -0.15) is 0 Å². The molecule has 0 N–H and O–H groups in total. The van der Waals surface area contributed by atoms with E-state index in [1.54, 1.807) is 11.8 Å². The summed E-state index contributed by atoms with van der Waals surface area (Å²) >= 11 is 1.75. The van der Waals surface area contributed by atoms with E-state index in [0.717, 1.165) is 22.8 Å². The summed E-state index contributed by atoms with van der Waals surface area (Å²) in [5, 5.41) is 0. The average Bonchev–Trinajstić information content (AvgIpc) is 4.00. The van der Waals surface area contributed by atoms with E-state index < -0.39 is 10.8 Å². The first-order chi connectivity index (χ1) is 29.8. The van der Waals surface area contributed by atoms with Crippen LogP contribution in [0, 0.1) is 0 Å². The molecule has 9 aromatic carbocycles. The second-order valence-electron chi connectivity index (χ2n) is 15.9. The van der Waals surface area contributed by atoms with Gasteiger partial charge in [-0.25, -0.2) is 0 Å². The molecule has 0 aromatic heterocycles. The van der Waals surface area contributed by atoms with Gasteiger partial charge in [-0.15, -0.1) is 0 Å². The predicted octanol–water partition coefficient (Wildman–Crippen LogP) is 14.3. The highest BCUT2D eigenvalue weighted by Crippen LogP contribution is 2.59. The Morgan fingerprint density at radius 1 is 0.350 bits per heavy atom. The summed E-state index contributed by atoms with van der Waals surface area (Å²) in [7, 11) is 0. The lowest BCUT2D eigenvalue weighted by Crippen LogP contribution is -2.29. The fraction of sp³-hybridized carbons (Fsp3) is 0.0526. The standard InChI is InChI=1S/C57H39NOS/c1-5-17-39(18-6-1)56(40-19-7-2-8-20-40)51-28-16-14-26-47(51)49-35-43(30-33-52(49)56)58(45-31-34-55-54(37-45)59-38-60-55)44-29-32-48-46-25-13-15-27-50(46)57(53(48)36-44,41-21-9-3-10-22-41)42-23-11-4-12-24-42/h1-37H,38H2. The first kappa shape index (κ1) is 34.9. The first-order valence-electron chi connectivity index (χ1n) is 20.7. The SMILES string of the molecule is c1ccc(C2(c3ccccc3)c3ccccc3-c3cc(N(c4ccc5c(c4)OCS5)c4ccc5c(c4)C(c4ccccc4)(c4ccccc4)c4ccccc4-5)ccc32)cc1. The molecule has 0 atom stereocenters. The second-order valence-corrected chi connectivity index (χ2v) is 16.9. The lowest BCUT2D eigenvalue weighted by atomic mass is 9.67. The van der Waals surface area contributed by atoms with Crippen molar-refractivity contribution in [2.24, 2.45) is 0 Å². The number of fused-ring (bicyclic) bond motifs is 7. The highest BCUT2D eigenvalue weighted by Gasteiger charge is 2.48. The first-order valence-corrected chi connectivity index (χ1v) is 21.7. The van der Waals surface area contributed by atoms with Crippen LogP contribution in [0.25, 0.3) is 22.3 Å². The minimum absolute atomic E-state index is 0.471. The molecule has 284 valence electrons. The largest absolute Gasteiger partial charge is 0.481 e. The molecule has 12 rings (SSSR count). The second kappa shape index (κ2) is 13.8. The van der Waals surface area contributed by atoms with E-state index in [1.165, 1.54) is 71.7 Å². The molecule has 0 saturated carbocycles. The minimum Gasteiger partial charge on any atom is -0.481 e. The van der Waals surface area contributed by atoms with Crippen LogP contribution in [0.2, 0.25) is 0 Å². The Balaban J connectivity index is 1.12. The van der Waals surface area contributed by atoms with Gasteiger partial charge in [0.2, 0.25) is 0 Å². The van der Waals surface area contributed by atoms with Gasteiger partial charge in [0.05, 0.1) is 15.7 Å². The van der Waals surface area contributed by atoms with Crippen LogP contribution in [0.5, 0.6) is 5.75 Å². The van der Waals surface area contributed by atoms with Crippen LogP contribution in [-0.2, 0) is 10.8 Å². The molecule has 1 aliphatic heterocycles. The molecule has 1 heterocycles. The number of ether oxygens (including phenoxy) is 1.